The van der Waals surface area contributed by atoms with Gasteiger partial charge in [0.25, 0.3) is 5.91 Å². The van der Waals surface area contributed by atoms with E-state index in [1.54, 1.807) is 0 Å². The molecule has 140 valence electrons. The molecular formula is C20H26BrN3O2. The van der Waals surface area contributed by atoms with E-state index in [1.165, 1.54) is 0 Å². The van der Waals surface area contributed by atoms with Crippen LogP contribution in [0.2, 0.25) is 0 Å². The molecule has 0 radical (unpaired) electrons. The summed E-state index contributed by atoms with van der Waals surface area (Å²) in [5.41, 5.74) is 0.710. The highest BCUT2D eigenvalue weighted by molar-refractivity contribution is 9.10. The summed E-state index contributed by atoms with van der Waals surface area (Å²) in [5.74, 6) is 1.77. The highest BCUT2D eigenvalue weighted by Crippen LogP contribution is 2.23. The molecule has 0 bridgehead atoms. The van der Waals surface area contributed by atoms with Gasteiger partial charge in [0, 0.05) is 41.6 Å². The molecule has 1 saturated heterocycles. The molecule has 1 aromatic carbocycles. The molecule has 1 fully saturated rings. The Bertz CT molecular complexity index is 749. The summed E-state index contributed by atoms with van der Waals surface area (Å²) in [4.78, 5) is 21.4. The second-order valence-electron chi connectivity index (χ2n) is 7.80. The lowest BCUT2D eigenvalue weighted by Crippen LogP contribution is -2.35. The van der Waals surface area contributed by atoms with Gasteiger partial charge < -0.3 is 9.32 Å². The molecule has 2 aromatic rings. The van der Waals surface area contributed by atoms with E-state index in [4.69, 9.17) is 4.42 Å². The quantitative estimate of drug-likeness (QED) is 0.751. The van der Waals surface area contributed by atoms with Crippen molar-refractivity contribution in [2.45, 2.75) is 39.2 Å². The molecule has 0 aliphatic carbocycles. The number of amides is 1. The largest absolute Gasteiger partial charge is 0.444 e. The van der Waals surface area contributed by atoms with Gasteiger partial charge in [0.15, 0.2) is 0 Å². The van der Waals surface area contributed by atoms with Gasteiger partial charge in [-0.05, 0) is 30.7 Å². The molecule has 1 amide bonds. The van der Waals surface area contributed by atoms with E-state index in [-0.39, 0.29) is 11.3 Å². The minimum atomic E-state index is -0.0298. The van der Waals surface area contributed by atoms with Crippen LogP contribution < -0.4 is 0 Å². The van der Waals surface area contributed by atoms with Crippen LogP contribution in [-0.2, 0) is 12.0 Å². The number of rotatable bonds is 3. The summed E-state index contributed by atoms with van der Waals surface area (Å²) in [7, 11) is 0. The Balaban J connectivity index is 1.58. The molecular weight excluding hydrogens is 394 g/mol. The number of hydrogen-bond donors (Lipinski definition) is 0. The Hall–Kier alpha value is -1.66. The molecule has 0 unspecified atom stereocenters. The standard InChI is InChI=1S/C20H26BrN3O2/c1-20(2,3)17-13-22-18(26-17)14-23-9-4-10-24(12-11-23)19(25)15-5-7-16(21)8-6-15/h5-8,13H,4,9-12,14H2,1-3H3. The predicted molar refractivity (Wildman–Crippen MR) is 105 cm³/mol. The fraction of sp³-hybridized carbons (Fsp3) is 0.500. The third-order valence-corrected chi connectivity index (χ3v) is 5.15. The van der Waals surface area contributed by atoms with E-state index in [0.29, 0.717) is 6.54 Å². The van der Waals surface area contributed by atoms with E-state index in [0.717, 1.165) is 54.3 Å². The molecule has 2 heterocycles. The van der Waals surface area contributed by atoms with Crippen molar-refractivity contribution < 1.29 is 9.21 Å². The summed E-state index contributed by atoms with van der Waals surface area (Å²) < 4.78 is 6.89. The molecule has 0 atom stereocenters. The van der Waals surface area contributed by atoms with E-state index in [9.17, 15) is 4.79 Å². The minimum absolute atomic E-state index is 0.0298. The van der Waals surface area contributed by atoms with E-state index >= 15 is 0 Å². The van der Waals surface area contributed by atoms with Gasteiger partial charge in [-0.15, -0.1) is 0 Å². The SMILES string of the molecule is CC(C)(C)c1cnc(CN2CCCN(C(=O)c3ccc(Br)cc3)CC2)o1. The molecule has 1 aliphatic rings. The normalized spacial score (nSPS) is 16.5. The number of benzene rings is 1. The Kier molecular flexibility index (Phi) is 5.82. The van der Waals surface area contributed by atoms with Crippen molar-refractivity contribution in [2.75, 3.05) is 26.2 Å². The highest BCUT2D eigenvalue weighted by Gasteiger charge is 2.23. The van der Waals surface area contributed by atoms with Crippen LogP contribution >= 0.6 is 15.9 Å². The van der Waals surface area contributed by atoms with Crippen LogP contribution in [-0.4, -0.2) is 46.9 Å². The number of hydrogen-bond acceptors (Lipinski definition) is 4. The summed E-state index contributed by atoms with van der Waals surface area (Å²) in [6.45, 7) is 10.3. The van der Waals surface area contributed by atoms with Crippen molar-refractivity contribution in [2.24, 2.45) is 0 Å². The molecule has 0 N–H and O–H groups in total. The number of carbonyl (C=O) groups excluding carboxylic acids is 1. The zero-order valence-corrected chi connectivity index (χ0v) is 17.3. The lowest BCUT2D eigenvalue weighted by Gasteiger charge is -2.21. The number of oxazole rings is 1. The van der Waals surface area contributed by atoms with Crippen LogP contribution in [0.15, 0.2) is 39.4 Å². The van der Waals surface area contributed by atoms with Crippen molar-refractivity contribution in [3.63, 3.8) is 0 Å². The molecule has 0 spiro atoms. The van der Waals surface area contributed by atoms with Gasteiger partial charge in [-0.25, -0.2) is 4.98 Å². The molecule has 1 aliphatic heterocycles. The highest BCUT2D eigenvalue weighted by atomic mass is 79.9. The first-order valence-corrected chi connectivity index (χ1v) is 9.84. The van der Waals surface area contributed by atoms with Crippen LogP contribution in [0.3, 0.4) is 0 Å². The smallest absolute Gasteiger partial charge is 0.253 e. The van der Waals surface area contributed by atoms with Crippen molar-refractivity contribution in [1.29, 1.82) is 0 Å². The van der Waals surface area contributed by atoms with Crippen molar-refractivity contribution in [3.8, 4) is 0 Å². The molecule has 26 heavy (non-hydrogen) atoms. The minimum Gasteiger partial charge on any atom is -0.444 e. The molecule has 5 nitrogen and oxygen atoms in total. The maximum absolute atomic E-state index is 12.7. The number of nitrogens with zero attached hydrogens (tertiary/aromatic N) is 3. The zero-order chi connectivity index (χ0) is 18.7. The third-order valence-electron chi connectivity index (χ3n) is 4.62. The van der Waals surface area contributed by atoms with Gasteiger partial charge in [0.05, 0.1) is 12.7 Å². The van der Waals surface area contributed by atoms with Crippen LogP contribution in [0.5, 0.6) is 0 Å². The second kappa shape index (κ2) is 7.92. The van der Waals surface area contributed by atoms with E-state index in [1.807, 2.05) is 35.4 Å². The average molecular weight is 420 g/mol. The molecule has 0 saturated carbocycles. The Morgan fingerprint density at radius 1 is 1.15 bits per heavy atom. The maximum atomic E-state index is 12.7. The molecule has 1 aromatic heterocycles. The van der Waals surface area contributed by atoms with Gasteiger partial charge in [-0.2, -0.15) is 0 Å². The van der Waals surface area contributed by atoms with Crippen LogP contribution in [0, 0.1) is 0 Å². The average Bonchev–Trinajstić information content (AvgIpc) is 2.94. The van der Waals surface area contributed by atoms with Gasteiger partial charge >= 0.3 is 0 Å². The summed E-state index contributed by atoms with van der Waals surface area (Å²) >= 11 is 3.41. The first-order chi connectivity index (χ1) is 12.3. The predicted octanol–water partition coefficient (Wildman–Crippen LogP) is 4.08. The topological polar surface area (TPSA) is 49.6 Å². The molecule has 3 rings (SSSR count). The van der Waals surface area contributed by atoms with Gasteiger partial charge in [0.1, 0.15) is 5.76 Å². The monoisotopic (exact) mass is 419 g/mol. The Labute approximate surface area is 163 Å². The lowest BCUT2D eigenvalue weighted by molar-refractivity contribution is 0.0760. The summed E-state index contributed by atoms with van der Waals surface area (Å²) in [6.07, 6.45) is 2.78. The van der Waals surface area contributed by atoms with Gasteiger partial charge in [-0.3, -0.25) is 9.69 Å². The summed E-state index contributed by atoms with van der Waals surface area (Å²) in [5, 5.41) is 0. The number of halogens is 1. The first kappa shape index (κ1) is 19.1. The van der Waals surface area contributed by atoms with Crippen molar-refractivity contribution in [1.82, 2.24) is 14.8 Å². The number of carbonyl (C=O) groups is 1. The number of aromatic nitrogens is 1. The lowest BCUT2D eigenvalue weighted by atomic mass is 9.94. The fourth-order valence-electron chi connectivity index (χ4n) is 3.03. The van der Waals surface area contributed by atoms with Crippen LogP contribution in [0.25, 0.3) is 0 Å². The Morgan fingerprint density at radius 3 is 2.54 bits per heavy atom. The van der Waals surface area contributed by atoms with Crippen molar-refractivity contribution >= 4 is 21.8 Å². The third kappa shape index (κ3) is 4.74. The van der Waals surface area contributed by atoms with E-state index in [2.05, 4.69) is 46.6 Å². The fourth-order valence-corrected chi connectivity index (χ4v) is 3.29. The van der Waals surface area contributed by atoms with Gasteiger partial charge in [0.2, 0.25) is 5.89 Å². The van der Waals surface area contributed by atoms with Crippen LogP contribution in [0.1, 0.15) is 49.2 Å². The van der Waals surface area contributed by atoms with Crippen LogP contribution in [0.4, 0.5) is 0 Å². The second-order valence-corrected chi connectivity index (χ2v) is 8.71. The van der Waals surface area contributed by atoms with Crippen molar-refractivity contribution in [3.05, 3.63) is 52.1 Å². The zero-order valence-electron chi connectivity index (χ0n) is 15.7. The van der Waals surface area contributed by atoms with E-state index < -0.39 is 0 Å². The Morgan fingerprint density at radius 2 is 1.88 bits per heavy atom. The first-order valence-electron chi connectivity index (χ1n) is 9.05. The van der Waals surface area contributed by atoms with Gasteiger partial charge in [-0.1, -0.05) is 36.7 Å². The summed E-state index contributed by atoms with van der Waals surface area (Å²) in [6, 6.07) is 7.56. The molecule has 6 heteroatoms. The maximum Gasteiger partial charge on any atom is 0.253 e.